The van der Waals surface area contributed by atoms with Gasteiger partial charge in [-0.05, 0) is 187 Å². The Kier molecular flexibility index (Phi) is 15.4. The first kappa shape index (κ1) is 56.9. The molecule has 5 aromatic carbocycles. The van der Waals surface area contributed by atoms with Crippen molar-refractivity contribution in [3.05, 3.63) is 210 Å². The highest BCUT2D eigenvalue weighted by Crippen LogP contribution is 2.63. The van der Waals surface area contributed by atoms with Crippen LogP contribution in [0.25, 0.3) is 17.0 Å². The molecule has 3 fully saturated rings. The predicted molar refractivity (Wildman–Crippen MR) is 330 cm³/mol. The Morgan fingerprint density at radius 1 is 0.791 bits per heavy atom. The molecule has 11 heteroatoms. The Balaban J connectivity index is 0.911. The van der Waals surface area contributed by atoms with E-state index in [9.17, 15) is 20.1 Å². The molecule has 0 radical (unpaired) electrons. The average molecular weight is 1160 g/mol. The first-order valence-corrected chi connectivity index (χ1v) is 32.0. The van der Waals surface area contributed by atoms with Crippen LogP contribution in [0.4, 0.5) is 0 Å². The molecule has 0 unspecified atom stereocenters. The number of benzene rings is 5. The van der Waals surface area contributed by atoms with Crippen molar-refractivity contribution in [3.63, 3.8) is 0 Å². The Morgan fingerprint density at radius 3 is 2.48 bits per heavy atom. The van der Waals surface area contributed by atoms with Crippen LogP contribution < -0.4 is 10.4 Å². The van der Waals surface area contributed by atoms with Crippen molar-refractivity contribution in [3.8, 4) is 5.75 Å². The molecule has 0 saturated heterocycles. The third-order valence-corrected chi connectivity index (χ3v) is 22.3. The number of aliphatic hydroxyl groups excluding tert-OH is 3. The summed E-state index contributed by atoms with van der Waals surface area (Å²) in [5.74, 6) is -0.805. The maximum Gasteiger partial charge on any atom is 0.340 e. The van der Waals surface area contributed by atoms with Crippen molar-refractivity contribution < 1.29 is 48.3 Å². The standard InChI is InChI=1S/C75H80O11/c1-44(41-77)55-28-21-45-19-22-47(23-20-45)56-29-26-50(49-13-9-15-54(38-49)74-34-8-7-14-53(74)27-24-48-12-4-6-18-63(48)74)37-52(56)39-66(79)83-70-68-65(32-31-60-62(42-78)67(73(81)84-69(60)68)51(33-36-76)43-82-2)86-75(71(70)85-72(55)80)35-10-17-59-58-30-25-46-11-3-5-16-57(46)61(58)40-64(59)75/h3-6,9-13,15-20,22-23,25,30-32,38,50-53,56,58-59,61,64,70-71,76-78H,7-8,14,21,24,26-29,33-37,39-43H2,1-2H3/b55-44-/t50-,51-,52-,53-,56+,58-,59+,61+,64-,70-,71+,74-,75+/m1/s1. The quantitative estimate of drug-likeness (QED) is 0.0547. The number of carbonyl (C=O) groups is 2. The number of ether oxygens (including phenoxy) is 4. The minimum absolute atomic E-state index is 0.0295. The highest BCUT2D eigenvalue weighted by molar-refractivity contribution is 5.90. The number of methoxy groups -OCH3 is 1. The SMILES string of the molecule is COC[C@@H](CCO)c1c(CO)c2ccc3c(c2oc1=O)[C@H]1OC(=O)C[C@H]2C[C@H](c4cccc([C@@]56CCCC[C@@H]5CCc5ccccc56)c4)CC[C@H]2c2ccc(cc2)CC/C(=C(\C)CO)C(=O)O[C@@H]1[C@@]1(CC=C[C@H]2[C@H]4C=Cc5ccccc5[C@@H]4C[C@H]21)O3. The van der Waals surface area contributed by atoms with E-state index in [1.807, 2.05) is 6.07 Å². The van der Waals surface area contributed by atoms with Gasteiger partial charge in [0.05, 0.1) is 25.4 Å². The van der Waals surface area contributed by atoms with Gasteiger partial charge >= 0.3 is 17.6 Å². The van der Waals surface area contributed by atoms with Crippen LogP contribution in [0.2, 0.25) is 0 Å². The van der Waals surface area contributed by atoms with Gasteiger partial charge in [0.15, 0.2) is 17.8 Å². The van der Waals surface area contributed by atoms with E-state index in [0.29, 0.717) is 53.0 Å². The number of carbonyl (C=O) groups excluding carboxylic acids is 2. The lowest BCUT2D eigenvalue weighted by Gasteiger charge is -2.52. The van der Waals surface area contributed by atoms with E-state index < -0.39 is 47.9 Å². The first-order valence-electron chi connectivity index (χ1n) is 32.0. The number of hydrogen-bond donors (Lipinski definition) is 3. The molecule has 13 atom stereocenters. The van der Waals surface area contributed by atoms with Gasteiger partial charge in [0.1, 0.15) is 11.3 Å². The van der Waals surface area contributed by atoms with Gasteiger partial charge in [-0.15, -0.1) is 0 Å². The number of fused-ring (bicyclic) bond motifs is 20. The van der Waals surface area contributed by atoms with Gasteiger partial charge < -0.3 is 38.7 Å². The fourth-order valence-corrected chi connectivity index (χ4v) is 18.3. The summed E-state index contributed by atoms with van der Waals surface area (Å²) in [7, 11) is 1.52. The molecule has 1 spiro atoms. The van der Waals surface area contributed by atoms with Gasteiger partial charge in [-0.25, -0.2) is 9.59 Å². The predicted octanol–water partition coefficient (Wildman–Crippen LogP) is 13.5. The van der Waals surface area contributed by atoms with E-state index in [0.717, 1.165) is 43.2 Å². The van der Waals surface area contributed by atoms with Crippen molar-refractivity contribution in [2.45, 2.75) is 157 Å². The molecule has 15 rings (SSSR count). The summed E-state index contributed by atoms with van der Waals surface area (Å²) >= 11 is 0. The summed E-state index contributed by atoms with van der Waals surface area (Å²) in [5, 5.41) is 32.7. The van der Waals surface area contributed by atoms with Gasteiger partial charge in [-0.2, -0.15) is 0 Å². The average Bonchev–Trinajstić information content (AvgIpc) is 1.32. The number of esters is 2. The van der Waals surface area contributed by atoms with E-state index in [4.69, 9.17) is 23.4 Å². The van der Waals surface area contributed by atoms with Crippen LogP contribution in [0.1, 0.15) is 181 Å². The van der Waals surface area contributed by atoms with Gasteiger partial charge in [0.2, 0.25) is 0 Å². The molecule has 9 aliphatic rings. The summed E-state index contributed by atoms with van der Waals surface area (Å²) in [4.78, 5) is 46.3. The third-order valence-electron chi connectivity index (χ3n) is 22.3. The maximum absolute atomic E-state index is 15.9. The molecule has 6 aliphatic carbocycles. The van der Waals surface area contributed by atoms with E-state index in [2.05, 4.69) is 121 Å². The third kappa shape index (κ3) is 9.56. The summed E-state index contributed by atoms with van der Waals surface area (Å²) in [6.45, 7) is 0.697. The zero-order chi connectivity index (χ0) is 58.8. The molecule has 446 valence electrons. The van der Waals surface area contributed by atoms with Gasteiger partial charge in [-0.1, -0.05) is 134 Å². The Bertz CT molecular complexity index is 3730. The number of hydrogen-bond acceptors (Lipinski definition) is 11. The van der Waals surface area contributed by atoms with Crippen molar-refractivity contribution in [1.82, 2.24) is 0 Å². The molecule has 2 bridgehead atoms. The number of aliphatic hydroxyl groups is 3. The molecule has 0 amide bonds. The fraction of sp³-hybridized carbons (Fsp3) is 0.453. The summed E-state index contributed by atoms with van der Waals surface area (Å²) < 4.78 is 34.0. The van der Waals surface area contributed by atoms with Crippen LogP contribution in [0.5, 0.6) is 5.75 Å². The van der Waals surface area contributed by atoms with E-state index in [1.54, 1.807) is 13.0 Å². The van der Waals surface area contributed by atoms with E-state index >= 15 is 9.59 Å². The second kappa shape index (κ2) is 23.3. The zero-order valence-electron chi connectivity index (χ0n) is 49.6. The smallest absolute Gasteiger partial charge is 0.340 e. The Hall–Kier alpha value is -6.89. The lowest BCUT2D eigenvalue weighted by Crippen LogP contribution is -2.61. The Labute approximate surface area is 504 Å². The molecule has 1 aromatic heterocycles. The molecule has 4 heterocycles. The number of rotatable bonds is 9. The largest absolute Gasteiger partial charge is 0.482 e. The molecule has 11 nitrogen and oxygen atoms in total. The molecular formula is C75H80O11. The normalized spacial score (nSPS) is 30.9. The van der Waals surface area contributed by atoms with Crippen LogP contribution in [0, 0.1) is 29.6 Å². The molecule has 86 heavy (non-hydrogen) atoms. The van der Waals surface area contributed by atoms with Crippen molar-refractivity contribution in [2.75, 3.05) is 26.9 Å². The minimum atomic E-state index is -1.36. The first-order chi connectivity index (χ1) is 42.0. The maximum atomic E-state index is 15.9. The van der Waals surface area contributed by atoms with Gasteiger partial charge in [-0.3, -0.25) is 4.79 Å². The van der Waals surface area contributed by atoms with Crippen LogP contribution in [0.3, 0.4) is 0 Å². The molecule has 3 aliphatic heterocycles. The van der Waals surface area contributed by atoms with Crippen LogP contribution >= 0.6 is 0 Å². The highest BCUT2D eigenvalue weighted by atomic mass is 16.6. The van der Waals surface area contributed by atoms with Crippen LogP contribution in [-0.2, 0) is 48.7 Å². The summed E-state index contributed by atoms with van der Waals surface area (Å²) in [5.41, 5.74) is 9.87. The van der Waals surface area contributed by atoms with Crippen molar-refractivity contribution in [2.24, 2.45) is 29.6 Å². The summed E-state index contributed by atoms with van der Waals surface area (Å²) in [6, 6.07) is 39.5. The fourth-order valence-electron chi connectivity index (χ4n) is 18.3. The van der Waals surface area contributed by atoms with Crippen LogP contribution in [-0.4, -0.2) is 65.9 Å². The molecule has 6 aromatic rings. The minimum Gasteiger partial charge on any atom is -0.482 e. The lowest BCUT2D eigenvalue weighted by atomic mass is 9.54. The molecular weight excluding hydrogens is 1080 g/mol. The second-order valence-electron chi connectivity index (χ2n) is 26.5. The van der Waals surface area contributed by atoms with E-state index in [-0.39, 0.29) is 103 Å². The lowest BCUT2D eigenvalue weighted by molar-refractivity contribution is -0.205. The zero-order valence-corrected chi connectivity index (χ0v) is 49.6. The second-order valence-corrected chi connectivity index (χ2v) is 26.5. The number of allylic oxidation sites excluding steroid dienone is 2. The number of aryl methyl sites for hydroxylation is 2. The monoisotopic (exact) mass is 1160 g/mol. The van der Waals surface area contributed by atoms with Crippen molar-refractivity contribution >= 4 is 29.0 Å². The van der Waals surface area contributed by atoms with Gasteiger partial charge in [0.25, 0.3) is 0 Å². The Morgan fingerprint density at radius 2 is 1.64 bits per heavy atom. The van der Waals surface area contributed by atoms with Crippen LogP contribution in [0.15, 0.2) is 148 Å². The highest BCUT2D eigenvalue weighted by Gasteiger charge is 2.64. The molecule has 3 N–H and O–H groups in total. The van der Waals surface area contributed by atoms with E-state index in [1.165, 1.54) is 66.2 Å². The topological polar surface area (TPSA) is 162 Å². The van der Waals surface area contributed by atoms with Crippen molar-refractivity contribution in [1.29, 1.82) is 0 Å². The van der Waals surface area contributed by atoms with Gasteiger partial charge in [0, 0.05) is 60.3 Å². The summed E-state index contributed by atoms with van der Waals surface area (Å²) in [6.07, 6.45) is 18.1. The molecule has 3 saturated carbocycles.